The highest BCUT2D eigenvalue weighted by atomic mass is 16.1. The number of carbonyl (C=O) groups excluding carboxylic acids is 1. The summed E-state index contributed by atoms with van der Waals surface area (Å²) < 4.78 is 0. The van der Waals surface area contributed by atoms with Crippen LogP contribution in [-0.2, 0) is 4.79 Å². The Kier molecular flexibility index (Phi) is 5.27. The molecule has 0 saturated heterocycles. The zero-order valence-corrected chi connectivity index (χ0v) is 16.0. The summed E-state index contributed by atoms with van der Waals surface area (Å²) in [5.74, 6) is 0.179. The van der Waals surface area contributed by atoms with Crippen molar-refractivity contribution < 1.29 is 4.79 Å². The Hall–Kier alpha value is -2.81. The number of hydrogen-bond acceptors (Lipinski definition) is 3. The van der Waals surface area contributed by atoms with Gasteiger partial charge in [-0.05, 0) is 60.4 Å². The standard InChI is InChI=1S/C23H26N2O/c1-24(2)21-11-5-17(6-12-21)15-19-9-10-20(23(19)26)16-18-7-13-22(14-8-18)25(3)4/h5-8,11-16H,9-10H2,1-4H3/b19-15-,20-16+. The van der Waals surface area contributed by atoms with Crippen LogP contribution in [0.1, 0.15) is 24.0 Å². The minimum absolute atomic E-state index is 0.179. The monoisotopic (exact) mass is 346 g/mol. The number of allylic oxidation sites excluding steroid dienone is 2. The minimum atomic E-state index is 0.179. The van der Waals surface area contributed by atoms with Crippen molar-refractivity contribution in [2.45, 2.75) is 12.8 Å². The maximum Gasteiger partial charge on any atom is 0.185 e. The van der Waals surface area contributed by atoms with Gasteiger partial charge in [-0.2, -0.15) is 0 Å². The quantitative estimate of drug-likeness (QED) is 0.753. The van der Waals surface area contributed by atoms with Gasteiger partial charge in [-0.1, -0.05) is 24.3 Å². The van der Waals surface area contributed by atoms with E-state index in [4.69, 9.17) is 0 Å². The summed E-state index contributed by atoms with van der Waals surface area (Å²) in [5, 5.41) is 0. The van der Waals surface area contributed by atoms with Crippen molar-refractivity contribution in [3.8, 4) is 0 Å². The molecule has 2 aromatic carbocycles. The van der Waals surface area contributed by atoms with E-state index in [1.165, 1.54) is 0 Å². The van der Waals surface area contributed by atoms with E-state index in [9.17, 15) is 4.79 Å². The predicted molar refractivity (Wildman–Crippen MR) is 112 cm³/mol. The number of ketones is 1. The maximum atomic E-state index is 12.7. The number of benzene rings is 2. The summed E-state index contributed by atoms with van der Waals surface area (Å²) in [5.41, 5.74) is 6.28. The van der Waals surface area contributed by atoms with Gasteiger partial charge in [0.1, 0.15) is 0 Å². The van der Waals surface area contributed by atoms with E-state index in [0.29, 0.717) is 0 Å². The maximum absolute atomic E-state index is 12.7. The van der Waals surface area contributed by atoms with Gasteiger partial charge in [-0.25, -0.2) is 0 Å². The highest BCUT2D eigenvalue weighted by molar-refractivity contribution is 6.15. The second-order valence-corrected chi connectivity index (χ2v) is 7.14. The van der Waals surface area contributed by atoms with E-state index >= 15 is 0 Å². The van der Waals surface area contributed by atoms with Crippen molar-refractivity contribution in [1.29, 1.82) is 0 Å². The molecule has 0 atom stereocenters. The molecule has 0 radical (unpaired) electrons. The van der Waals surface area contributed by atoms with Crippen molar-refractivity contribution in [3.63, 3.8) is 0 Å². The molecule has 1 saturated carbocycles. The highest BCUT2D eigenvalue weighted by Gasteiger charge is 2.22. The Morgan fingerprint density at radius 2 is 1.00 bits per heavy atom. The lowest BCUT2D eigenvalue weighted by Gasteiger charge is -2.12. The number of rotatable bonds is 4. The van der Waals surface area contributed by atoms with Crippen LogP contribution in [-0.4, -0.2) is 34.0 Å². The van der Waals surface area contributed by atoms with Crippen molar-refractivity contribution >= 4 is 29.3 Å². The van der Waals surface area contributed by atoms with Crippen LogP contribution in [0.25, 0.3) is 12.2 Å². The first-order valence-corrected chi connectivity index (χ1v) is 8.94. The zero-order chi connectivity index (χ0) is 18.7. The van der Waals surface area contributed by atoms with Crippen LogP contribution in [0.4, 0.5) is 11.4 Å². The van der Waals surface area contributed by atoms with Crippen LogP contribution >= 0.6 is 0 Å². The zero-order valence-electron chi connectivity index (χ0n) is 16.0. The van der Waals surface area contributed by atoms with E-state index in [0.717, 1.165) is 46.5 Å². The van der Waals surface area contributed by atoms with Crippen LogP contribution in [0.3, 0.4) is 0 Å². The van der Waals surface area contributed by atoms with Gasteiger partial charge in [-0.3, -0.25) is 4.79 Å². The van der Waals surface area contributed by atoms with Gasteiger partial charge in [0.2, 0.25) is 0 Å². The summed E-state index contributed by atoms with van der Waals surface area (Å²) in [6, 6.07) is 16.6. The summed E-state index contributed by atoms with van der Waals surface area (Å²) in [4.78, 5) is 16.9. The second kappa shape index (κ2) is 7.61. The lowest BCUT2D eigenvalue weighted by atomic mass is 10.1. The van der Waals surface area contributed by atoms with Crippen molar-refractivity contribution in [2.75, 3.05) is 38.0 Å². The molecule has 0 unspecified atom stereocenters. The molecule has 1 aliphatic rings. The van der Waals surface area contributed by atoms with Crippen LogP contribution < -0.4 is 9.80 Å². The predicted octanol–water partition coefficient (Wildman–Crippen LogP) is 4.65. The number of anilines is 2. The summed E-state index contributed by atoms with van der Waals surface area (Å²) in [7, 11) is 8.10. The highest BCUT2D eigenvalue weighted by Crippen LogP contribution is 2.30. The van der Waals surface area contributed by atoms with E-state index < -0.39 is 0 Å². The molecule has 0 aromatic heterocycles. The normalized spacial score (nSPS) is 17.2. The van der Waals surface area contributed by atoms with Gasteiger partial charge in [0.25, 0.3) is 0 Å². The lowest BCUT2D eigenvalue weighted by molar-refractivity contribution is -0.111. The fourth-order valence-electron chi connectivity index (χ4n) is 3.12. The molecule has 3 nitrogen and oxygen atoms in total. The number of carbonyl (C=O) groups is 1. The largest absolute Gasteiger partial charge is 0.378 e. The molecule has 1 aliphatic carbocycles. The first kappa shape index (κ1) is 18.0. The average molecular weight is 346 g/mol. The van der Waals surface area contributed by atoms with Crippen LogP contribution in [0.5, 0.6) is 0 Å². The fraction of sp³-hybridized carbons (Fsp3) is 0.261. The molecule has 0 spiro atoms. The number of hydrogen-bond donors (Lipinski definition) is 0. The van der Waals surface area contributed by atoms with Gasteiger partial charge in [0.05, 0.1) is 0 Å². The Bertz CT molecular complexity index is 769. The Labute approximate surface area is 156 Å². The van der Waals surface area contributed by atoms with Crippen LogP contribution in [0, 0.1) is 0 Å². The first-order valence-electron chi connectivity index (χ1n) is 8.94. The molecule has 0 N–H and O–H groups in total. The van der Waals surface area contributed by atoms with Gasteiger partial charge in [-0.15, -0.1) is 0 Å². The van der Waals surface area contributed by atoms with Gasteiger partial charge in [0, 0.05) is 50.7 Å². The molecular formula is C23H26N2O. The summed E-state index contributed by atoms with van der Waals surface area (Å²) in [6.45, 7) is 0. The minimum Gasteiger partial charge on any atom is -0.378 e. The second-order valence-electron chi connectivity index (χ2n) is 7.14. The molecule has 26 heavy (non-hydrogen) atoms. The number of Topliss-reactive ketones (excluding diaryl/α,β-unsaturated/α-hetero) is 1. The Balaban J connectivity index is 1.76. The molecule has 0 amide bonds. The fourth-order valence-corrected chi connectivity index (χ4v) is 3.12. The molecule has 3 rings (SSSR count). The van der Waals surface area contributed by atoms with Crippen LogP contribution in [0.2, 0.25) is 0 Å². The molecule has 0 heterocycles. The molecule has 134 valence electrons. The van der Waals surface area contributed by atoms with Gasteiger partial charge < -0.3 is 9.80 Å². The molecule has 0 bridgehead atoms. The molecule has 3 heteroatoms. The van der Waals surface area contributed by atoms with Gasteiger partial charge in [0.15, 0.2) is 5.78 Å². The van der Waals surface area contributed by atoms with E-state index in [1.54, 1.807) is 0 Å². The van der Waals surface area contributed by atoms with E-state index in [-0.39, 0.29) is 5.78 Å². The third kappa shape index (κ3) is 4.05. The lowest BCUT2D eigenvalue weighted by Crippen LogP contribution is -2.08. The van der Waals surface area contributed by atoms with Crippen molar-refractivity contribution in [1.82, 2.24) is 0 Å². The summed E-state index contributed by atoms with van der Waals surface area (Å²) in [6.07, 6.45) is 5.68. The Morgan fingerprint density at radius 1 is 0.654 bits per heavy atom. The van der Waals surface area contributed by atoms with Gasteiger partial charge >= 0.3 is 0 Å². The topological polar surface area (TPSA) is 23.6 Å². The molecule has 0 aliphatic heterocycles. The van der Waals surface area contributed by atoms with E-state index in [1.807, 2.05) is 40.3 Å². The third-order valence-corrected chi connectivity index (χ3v) is 4.75. The third-order valence-electron chi connectivity index (χ3n) is 4.75. The van der Waals surface area contributed by atoms with Crippen molar-refractivity contribution in [3.05, 3.63) is 70.8 Å². The summed E-state index contributed by atoms with van der Waals surface area (Å²) >= 11 is 0. The first-order chi connectivity index (χ1) is 12.4. The van der Waals surface area contributed by atoms with E-state index in [2.05, 4.69) is 58.3 Å². The SMILES string of the molecule is CN(C)c1ccc(/C=C2/CC/C(=C\c3ccc(N(C)C)cc3)C2=O)cc1. The molecule has 1 fully saturated rings. The smallest absolute Gasteiger partial charge is 0.185 e. The van der Waals surface area contributed by atoms with Crippen molar-refractivity contribution in [2.24, 2.45) is 0 Å². The number of nitrogens with zero attached hydrogens (tertiary/aromatic N) is 2. The molecule has 2 aromatic rings. The average Bonchev–Trinajstić information content (AvgIpc) is 2.96. The molecular weight excluding hydrogens is 320 g/mol. The van der Waals surface area contributed by atoms with Crippen LogP contribution in [0.15, 0.2) is 59.7 Å². The Morgan fingerprint density at radius 3 is 1.31 bits per heavy atom.